The maximum absolute atomic E-state index is 10.9. The highest BCUT2D eigenvalue weighted by atomic mass is 79.9. The van der Waals surface area contributed by atoms with Gasteiger partial charge < -0.3 is 11.1 Å². The fourth-order valence-electron chi connectivity index (χ4n) is 1.84. The third kappa shape index (κ3) is 3.05. The van der Waals surface area contributed by atoms with Gasteiger partial charge in [0.1, 0.15) is 5.82 Å². The van der Waals surface area contributed by atoms with Gasteiger partial charge >= 0.3 is 0 Å². The number of nitrogen functional groups attached to an aromatic ring is 1. The normalized spacial score (nSPS) is 10.3. The SMILES string of the molecule is Cc1c(CNc2ncc(Br)cc2N)cccc1[N+](=O)[O-]. The van der Waals surface area contributed by atoms with Crippen LogP contribution in [0.3, 0.4) is 0 Å². The van der Waals surface area contributed by atoms with Crippen molar-refractivity contribution < 1.29 is 4.92 Å². The van der Waals surface area contributed by atoms with Gasteiger partial charge in [-0.15, -0.1) is 0 Å². The lowest BCUT2D eigenvalue weighted by Crippen LogP contribution is -2.06. The van der Waals surface area contributed by atoms with E-state index in [0.29, 0.717) is 23.6 Å². The third-order valence-corrected chi connectivity index (χ3v) is 3.38. The number of aromatic nitrogens is 1. The molecule has 1 heterocycles. The van der Waals surface area contributed by atoms with E-state index in [1.807, 2.05) is 6.07 Å². The zero-order valence-electron chi connectivity index (χ0n) is 10.8. The summed E-state index contributed by atoms with van der Waals surface area (Å²) < 4.78 is 0.798. The van der Waals surface area contributed by atoms with Crippen LogP contribution >= 0.6 is 15.9 Å². The lowest BCUT2D eigenvalue weighted by atomic mass is 10.1. The summed E-state index contributed by atoms with van der Waals surface area (Å²) in [5.41, 5.74) is 7.94. The molecule has 0 bridgehead atoms. The second-order valence-electron chi connectivity index (χ2n) is 4.26. The van der Waals surface area contributed by atoms with Gasteiger partial charge in [-0.2, -0.15) is 0 Å². The molecular weight excluding hydrogens is 324 g/mol. The molecule has 0 spiro atoms. The Labute approximate surface area is 124 Å². The molecule has 0 atom stereocenters. The van der Waals surface area contributed by atoms with E-state index in [9.17, 15) is 10.1 Å². The van der Waals surface area contributed by atoms with Crippen LogP contribution in [0.4, 0.5) is 17.2 Å². The average Bonchev–Trinajstić information content (AvgIpc) is 2.39. The standard InChI is InChI=1S/C13H13BrN4O2/c1-8-9(3-2-4-12(8)18(19)20)6-16-13-11(15)5-10(14)7-17-13/h2-5,7H,6,15H2,1H3,(H,16,17). The van der Waals surface area contributed by atoms with Gasteiger partial charge in [0.15, 0.2) is 0 Å². The highest BCUT2D eigenvalue weighted by molar-refractivity contribution is 9.10. The number of nitro benzene ring substituents is 1. The molecule has 1 aromatic carbocycles. The van der Waals surface area contributed by atoms with Crippen LogP contribution in [0.2, 0.25) is 0 Å². The first-order chi connectivity index (χ1) is 9.49. The molecule has 2 rings (SSSR count). The van der Waals surface area contributed by atoms with Crippen LogP contribution in [-0.2, 0) is 6.54 Å². The predicted octanol–water partition coefficient (Wildman–Crippen LogP) is 3.26. The fraction of sp³-hybridized carbons (Fsp3) is 0.154. The first-order valence-electron chi connectivity index (χ1n) is 5.87. The molecule has 1 aromatic heterocycles. The van der Waals surface area contributed by atoms with Crippen molar-refractivity contribution >= 4 is 33.1 Å². The van der Waals surface area contributed by atoms with Gasteiger partial charge in [0.2, 0.25) is 0 Å². The van der Waals surface area contributed by atoms with Crippen molar-refractivity contribution in [2.24, 2.45) is 0 Å². The summed E-state index contributed by atoms with van der Waals surface area (Å²) >= 11 is 3.28. The minimum absolute atomic E-state index is 0.112. The molecule has 2 aromatic rings. The molecule has 0 unspecified atom stereocenters. The number of hydrogen-bond donors (Lipinski definition) is 2. The van der Waals surface area contributed by atoms with E-state index in [1.165, 1.54) is 6.07 Å². The molecule has 0 fully saturated rings. The number of nitro groups is 1. The van der Waals surface area contributed by atoms with Crippen molar-refractivity contribution in [1.82, 2.24) is 4.98 Å². The van der Waals surface area contributed by atoms with E-state index in [1.54, 1.807) is 25.3 Å². The maximum atomic E-state index is 10.9. The van der Waals surface area contributed by atoms with Crippen molar-refractivity contribution in [3.63, 3.8) is 0 Å². The highest BCUT2D eigenvalue weighted by Gasteiger charge is 2.13. The smallest absolute Gasteiger partial charge is 0.272 e. The number of benzene rings is 1. The monoisotopic (exact) mass is 336 g/mol. The molecular formula is C13H13BrN4O2. The van der Waals surface area contributed by atoms with Crippen LogP contribution in [0.5, 0.6) is 0 Å². The van der Waals surface area contributed by atoms with Gasteiger partial charge in [0.05, 0.1) is 10.6 Å². The van der Waals surface area contributed by atoms with Crippen LogP contribution in [0.15, 0.2) is 34.9 Å². The molecule has 0 radical (unpaired) electrons. The Morgan fingerprint density at radius 3 is 2.90 bits per heavy atom. The lowest BCUT2D eigenvalue weighted by Gasteiger charge is -2.10. The molecule has 0 aliphatic heterocycles. The summed E-state index contributed by atoms with van der Waals surface area (Å²) in [5.74, 6) is 0.555. The van der Waals surface area contributed by atoms with E-state index in [-0.39, 0.29) is 10.6 Å². The number of pyridine rings is 1. The molecule has 0 saturated heterocycles. The summed E-state index contributed by atoms with van der Waals surface area (Å²) in [7, 11) is 0. The summed E-state index contributed by atoms with van der Waals surface area (Å²) in [6.45, 7) is 2.15. The quantitative estimate of drug-likeness (QED) is 0.660. The van der Waals surface area contributed by atoms with E-state index >= 15 is 0 Å². The van der Waals surface area contributed by atoms with Gasteiger partial charge in [0, 0.05) is 28.8 Å². The lowest BCUT2D eigenvalue weighted by molar-refractivity contribution is -0.385. The number of nitrogens with two attached hydrogens (primary N) is 1. The zero-order chi connectivity index (χ0) is 14.7. The van der Waals surface area contributed by atoms with E-state index < -0.39 is 0 Å². The molecule has 0 aliphatic carbocycles. The minimum Gasteiger partial charge on any atom is -0.396 e. The number of halogens is 1. The van der Waals surface area contributed by atoms with Crippen LogP contribution < -0.4 is 11.1 Å². The average molecular weight is 337 g/mol. The van der Waals surface area contributed by atoms with E-state index in [0.717, 1.165) is 10.0 Å². The third-order valence-electron chi connectivity index (χ3n) is 2.94. The molecule has 0 amide bonds. The number of anilines is 2. The molecule has 0 saturated carbocycles. The van der Waals surface area contributed by atoms with Crippen LogP contribution in [0.25, 0.3) is 0 Å². The molecule has 0 aliphatic rings. The van der Waals surface area contributed by atoms with Gasteiger partial charge in [0.25, 0.3) is 5.69 Å². The maximum Gasteiger partial charge on any atom is 0.272 e. The minimum atomic E-state index is -0.384. The summed E-state index contributed by atoms with van der Waals surface area (Å²) in [6, 6.07) is 6.74. The topological polar surface area (TPSA) is 94.1 Å². The molecule has 3 N–H and O–H groups in total. The van der Waals surface area contributed by atoms with E-state index in [4.69, 9.17) is 5.73 Å². The Balaban J connectivity index is 2.19. The van der Waals surface area contributed by atoms with Gasteiger partial charge in [-0.1, -0.05) is 12.1 Å². The zero-order valence-corrected chi connectivity index (χ0v) is 12.3. The Morgan fingerprint density at radius 2 is 2.25 bits per heavy atom. The molecule has 6 nitrogen and oxygen atoms in total. The Hall–Kier alpha value is -2.15. The molecule has 104 valence electrons. The van der Waals surface area contributed by atoms with Gasteiger partial charge in [-0.05, 0) is 34.5 Å². The van der Waals surface area contributed by atoms with E-state index in [2.05, 4.69) is 26.2 Å². The first-order valence-corrected chi connectivity index (χ1v) is 6.66. The van der Waals surface area contributed by atoms with Crippen molar-refractivity contribution in [1.29, 1.82) is 0 Å². The number of nitrogens with one attached hydrogen (secondary N) is 1. The number of rotatable bonds is 4. The Morgan fingerprint density at radius 1 is 1.50 bits per heavy atom. The largest absolute Gasteiger partial charge is 0.396 e. The Kier molecular flexibility index (Phi) is 4.19. The summed E-state index contributed by atoms with van der Waals surface area (Å²) in [5, 5.41) is 14.0. The molecule has 20 heavy (non-hydrogen) atoms. The highest BCUT2D eigenvalue weighted by Crippen LogP contribution is 2.24. The van der Waals surface area contributed by atoms with Gasteiger partial charge in [-0.25, -0.2) is 4.98 Å². The van der Waals surface area contributed by atoms with Crippen molar-refractivity contribution in [2.45, 2.75) is 13.5 Å². The predicted molar refractivity (Wildman–Crippen MR) is 81.5 cm³/mol. The number of hydrogen-bond acceptors (Lipinski definition) is 5. The fourth-order valence-corrected chi connectivity index (χ4v) is 2.19. The van der Waals surface area contributed by atoms with Crippen molar-refractivity contribution in [3.05, 3.63) is 56.2 Å². The van der Waals surface area contributed by atoms with Crippen LogP contribution in [-0.4, -0.2) is 9.91 Å². The van der Waals surface area contributed by atoms with Crippen LogP contribution in [0.1, 0.15) is 11.1 Å². The first kappa shape index (κ1) is 14.3. The number of nitrogens with zero attached hydrogens (tertiary/aromatic N) is 2. The second-order valence-corrected chi connectivity index (χ2v) is 5.18. The summed E-state index contributed by atoms with van der Waals surface area (Å²) in [4.78, 5) is 14.7. The Bertz CT molecular complexity index is 661. The van der Waals surface area contributed by atoms with Crippen LogP contribution in [0, 0.1) is 17.0 Å². The van der Waals surface area contributed by atoms with Crippen molar-refractivity contribution in [3.8, 4) is 0 Å². The van der Waals surface area contributed by atoms with Gasteiger partial charge in [-0.3, -0.25) is 10.1 Å². The van der Waals surface area contributed by atoms with Crippen molar-refractivity contribution in [2.75, 3.05) is 11.1 Å². The summed E-state index contributed by atoms with van der Waals surface area (Å²) in [6.07, 6.45) is 1.64. The second kappa shape index (κ2) is 5.87. The molecule has 7 heteroatoms.